The molecule has 1 aromatic carbocycles. The Balaban J connectivity index is 2.00. The van der Waals surface area contributed by atoms with Crippen molar-refractivity contribution in [3.63, 3.8) is 0 Å². The Bertz CT molecular complexity index is 398. The minimum absolute atomic E-state index is 0.331. The van der Waals surface area contributed by atoms with Crippen LogP contribution in [0.3, 0.4) is 0 Å². The number of benzene rings is 1. The van der Waals surface area contributed by atoms with Crippen molar-refractivity contribution >= 4 is 0 Å². The Labute approximate surface area is 98.0 Å². The Morgan fingerprint density at radius 3 is 2.81 bits per heavy atom. The van der Waals surface area contributed by atoms with Crippen molar-refractivity contribution in [3.8, 4) is 0 Å². The van der Waals surface area contributed by atoms with Crippen molar-refractivity contribution in [2.45, 2.75) is 50.4 Å². The summed E-state index contributed by atoms with van der Waals surface area (Å²) in [5.41, 5.74) is 11.0. The molecule has 0 amide bonds. The fraction of sp³-hybridized carbons (Fsp3) is 0.600. The van der Waals surface area contributed by atoms with E-state index in [1.165, 1.54) is 37.7 Å². The van der Waals surface area contributed by atoms with Gasteiger partial charge in [0.05, 0.1) is 0 Å². The molecule has 0 aromatic heterocycles. The summed E-state index contributed by atoms with van der Waals surface area (Å²) < 4.78 is 0. The first kappa shape index (κ1) is 10.3. The summed E-state index contributed by atoms with van der Waals surface area (Å²) in [6.45, 7) is 3.17. The van der Waals surface area contributed by atoms with Gasteiger partial charge in [0.15, 0.2) is 0 Å². The largest absolute Gasteiger partial charge is 0.330 e. The maximum atomic E-state index is 5.98. The second-order valence-corrected chi connectivity index (χ2v) is 5.69. The van der Waals surface area contributed by atoms with E-state index in [1.54, 1.807) is 11.1 Å². The van der Waals surface area contributed by atoms with Crippen molar-refractivity contribution < 1.29 is 0 Å². The molecule has 2 aliphatic rings. The molecule has 1 nitrogen and oxygen atoms in total. The van der Waals surface area contributed by atoms with Crippen LogP contribution in [0.15, 0.2) is 18.2 Å². The van der Waals surface area contributed by atoms with Crippen LogP contribution in [0.2, 0.25) is 0 Å². The molecule has 1 saturated carbocycles. The van der Waals surface area contributed by atoms with Crippen LogP contribution in [-0.2, 0) is 11.8 Å². The zero-order valence-electron chi connectivity index (χ0n) is 10.1. The average molecular weight is 215 g/mol. The second-order valence-electron chi connectivity index (χ2n) is 5.69. The summed E-state index contributed by atoms with van der Waals surface area (Å²) in [5.74, 6) is 0.754. The normalized spacial score (nSPS) is 26.2. The zero-order chi connectivity index (χ0) is 11.2. The van der Waals surface area contributed by atoms with Crippen LogP contribution in [0.5, 0.6) is 0 Å². The standard InChI is InChI=1S/C15H21N/c1-11-3-4-12-5-6-13(9-14(11)12)15(10-16)7-2-8-15/h5-6,9,11H,2-4,7-8,10,16H2,1H3. The van der Waals surface area contributed by atoms with Gasteiger partial charge in [-0.1, -0.05) is 31.5 Å². The van der Waals surface area contributed by atoms with Crippen molar-refractivity contribution in [2.24, 2.45) is 5.73 Å². The van der Waals surface area contributed by atoms with E-state index in [9.17, 15) is 0 Å². The average Bonchev–Trinajstić information content (AvgIpc) is 2.60. The topological polar surface area (TPSA) is 26.0 Å². The lowest BCUT2D eigenvalue weighted by Crippen LogP contribution is -2.41. The van der Waals surface area contributed by atoms with E-state index in [2.05, 4.69) is 25.1 Å². The summed E-state index contributed by atoms with van der Waals surface area (Å²) >= 11 is 0. The highest BCUT2D eigenvalue weighted by molar-refractivity contribution is 5.41. The Morgan fingerprint density at radius 1 is 1.38 bits per heavy atom. The fourth-order valence-corrected chi connectivity index (χ4v) is 3.35. The van der Waals surface area contributed by atoms with Crippen LogP contribution in [0.4, 0.5) is 0 Å². The van der Waals surface area contributed by atoms with Crippen LogP contribution in [0, 0.1) is 0 Å². The van der Waals surface area contributed by atoms with E-state index in [1.807, 2.05) is 0 Å². The van der Waals surface area contributed by atoms with Gasteiger partial charge in [0.1, 0.15) is 0 Å². The molecule has 0 radical (unpaired) electrons. The summed E-state index contributed by atoms with van der Waals surface area (Å²) in [6, 6.07) is 7.14. The number of aryl methyl sites for hydroxylation is 1. The van der Waals surface area contributed by atoms with Crippen molar-refractivity contribution in [1.29, 1.82) is 0 Å². The quantitative estimate of drug-likeness (QED) is 0.806. The Morgan fingerprint density at radius 2 is 2.19 bits per heavy atom. The number of nitrogens with two attached hydrogens (primary N) is 1. The Kier molecular flexibility index (Phi) is 2.32. The van der Waals surface area contributed by atoms with Gasteiger partial charge >= 0.3 is 0 Å². The Hall–Kier alpha value is -0.820. The van der Waals surface area contributed by atoms with Crippen LogP contribution < -0.4 is 5.73 Å². The monoisotopic (exact) mass is 215 g/mol. The third-order valence-electron chi connectivity index (χ3n) is 4.84. The predicted molar refractivity (Wildman–Crippen MR) is 67.8 cm³/mol. The first-order chi connectivity index (χ1) is 7.75. The van der Waals surface area contributed by atoms with Crippen LogP contribution in [0.25, 0.3) is 0 Å². The molecule has 86 valence electrons. The lowest BCUT2D eigenvalue weighted by molar-refractivity contribution is 0.253. The van der Waals surface area contributed by atoms with Gasteiger partial charge in [0.2, 0.25) is 0 Å². The van der Waals surface area contributed by atoms with E-state index in [0.29, 0.717) is 5.41 Å². The molecule has 1 fully saturated rings. The third-order valence-corrected chi connectivity index (χ3v) is 4.84. The fourth-order valence-electron chi connectivity index (χ4n) is 3.35. The van der Waals surface area contributed by atoms with Gasteiger partial charge in [0.25, 0.3) is 0 Å². The summed E-state index contributed by atoms with van der Waals surface area (Å²) in [6.07, 6.45) is 6.53. The maximum Gasteiger partial charge on any atom is 0.00756 e. The number of hydrogen-bond acceptors (Lipinski definition) is 1. The van der Waals surface area contributed by atoms with Crippen LogP contribution in [-0.4, -0.2) is 6.54 Å². The lowest BCUT2D eigenvalue weighted by Gasteiger charge is -2.42. The number of rotatable bonds is 2. The van der Waals surface area contributed by atoms with Crippen molar-refractivity contribution in [3.05, 3.63) is 34.9 Å². The highest BCUT2D eigenvalue weighted by Gasteiger charge is 2.37. The molecule has 1 atom stereocenters. The molecule has 0 aliphatic heterocycles. The molecular weight excluding hydrogens is 194 g/mol. The summed E-state index contributed by atoms with van der Waals surface area (Å²) in [4.78, 5) is 0. The molecule has 1 unspecified atom stereocenters. The second kappa shape index (κ2) is 3.59. The van der Waals surface area contributed by atoms with Crippen LogP contribution >= 0.6 is 0 Å². The van der Waals surface area contributed by atoms with Crippen molar-refractivity contribution in [2.75, 3.05) is 6.54 Å². The van der Waals surface area contributed by atoms with Crippen molar-refractivity contribution in [1.82, 2.24) is 0 Å². The smallest absolute Gasteiger partial charge is 0.00756 e. The molecule has 3 rings (SSSR count). The van der Waals surface area contributed by atoms with Gasteiger partial charge in [-0.2, -0.15) is 0 Å². The van der Waals surface area contributed by atoms with Gasteiger partial charge < -0.3 is 5.73 Å². The van der Waals surface area contributed by atoms with Gasteiger partial charge in [-0.05, 0) is 48.3 Å². The van der Waals surface area contributed by atoms with E-state index in [4.69, 9.17) is 5.73 Å². The minimum Gasteiger partial charge on any atom is -0.330 e. The van der Waals surface area contributed by atoms with E-state index >= 15 is 0 Å². The lowest BCUT2D eigenvalue weighted by atomic mass is 9.64. The zero-order valence-corrected chi connectivity index (χ0v) is 10.1. The van der Waals surface area contributed by atoms with E-state index in [-0.39, 0.29) is 0 Å². The maximum absolute atomic E-state index is 5.98. The molecule has 1 aromatic rings. The number of fused-ring (bicyclic) bond motifs is 1. The van der Waals surface area contributed by atoms with Gasteiger partial charge in [-0.3, -0.25) is 0 Å². The van der Waals surface area contributed by atoms with Gasteiger partial charge in [-0.15, -0.1) is 0 Å². The van der Waals surface area contributed by atoms with Crippen LogP contribution in [0.1, 0.15) is 55.2 Å². The molecule has 0 bridgehead atoms. The molecular formula is C15H21N. The molecule has 0 saturated heterocycles. The minimum atomic E-state index is 0.331. The highest BCUT2D eigenvalue weighted by atomic mass is 14.6. The summed E-state index contributed by atoms with van der Waals surface area (Å²) in [7, 11) is 0. The molecule has 2 aliphatic carbocycles. The molecule has 0 heterocycles. The highest BCUT2D eigenvalue weighted by Crippen LogP contribution is 2.45. The predicted octanol–water partition coefficient (Wildman–Crippen LogP) is 3.12. The SMILES string of the molecule is CC1CCc2ccc(C3(CN)CCC3)cc21. The molecule has 2 N–H and O–H groups in total. The molecule has 16 heavy (non-hydrogen) atoms. The van der Waals surface area contributed by atoms with E-state index in [0.717, 1.165) is 12.5 Å². The third kappa shape index (κ3) is 1.34. The molecule has 0 spiro atoms. The summed E-state index contributed by atoms with van der Waals surface area (Å²) in [5, 5.41) is 0. The van der Waals surface area contributed by atoms with E-state index < -0.39 is 0 Å². The first-order valence-corrected chi connectivity index (χ1v) is 6.58. The number of hydrogen-bond donors (Lipinski definition) is 1. The first-order valence-electron chi connectivity index (χ1n) is 6.58. The van der Waals surface area contributed by atoms with Gasteiger partial charge in [0, 0.05) is 12.0 Å². The molecule has 1 heteroatoms. The van der Waals surface area contributed by atoms with Gasteiger partial charge in [-0.25, -0.2) is 0 Å².